The maximum absolute atomic E-state index is 11.6. The fourth-order valence-corrected chi connectivity index (χ4v) is 3.31. The molecule has 0 amide bonds. The van der Waals surface area contributed by atoms with Gasteiger partial charge in [-0.25, -0.2) is 0 Å². The Labute approximate surface area is 193 Å². The molecule has 178 valence electrons. The minimum atomic E-state index is -0.286. The molecule has 1 unspecified atom stereocenters. The number of benzene rings is 2. The van der Waals surface area contributed by atoms with E-state index in [1.807, 2.05) is 43.3 Å². The van der Waals surface area contributed by atoms with Gasteiger partial charge in [0.2, 0.25) is 0 Å². The van der Waals surface area contributed by atoms with Gasteiger partial charge in [0, 0.05) is 0 Å². The van der Waals surface area contributed by atoms with E-state index >= 15 is 0 Å². The maximum Gasteiger partial charge on any atom is 0.313 e. The van der Waals surface area contributed by atoms with E-state index in [-0.39, 0.29) is 24.3 Å². The van der Waals surface area contributed by atoms with Gasteiger partial charge in [-0.1, -0.05) is 12.1 Å². The van der Waals surface area contributed by atoms with Crippen molar-refractivity contribution in [2.75, 3.05) is 39.6 Å². The van der Waals surface area contributed by atoms with Crippen LogP contribution in [-0.4, -0.2) is 51.6 Å². The third-order valence-corrected chi connectivity index (χ3v) is 4.97. The van der Waals surface area contributed by atoms with E-state index in [0.717, 1.165) is 22.6 Å². The number of carbonyl (C=O) groups is 2. The number of hydrogen-bond donors (Lipinski definition) is 0. The molecule has 33 heavy (non-hydrogen) atoms. The highest BCUT2D eigenvalue weighted by Crippen LogP contribution is 2.33. The van der Waals surface area contributed by atoms with Gasteiger partial charge in [0.1, 0.15) is 26.4 Å². The molecule has 0 N–H and O–H groups in total. The van der Waals surface area contributed by atoms with Crippen molar-refractivity contribution in [1.82, 2.24) is 0 Å². The lowest BCUT2D eigenvalue weighted by Crippen LogP contribution is -2.17. The van der Waals surface area contributed by atoms with Gasteiger partial charge in [0.15, 0.2) is 23.0 Å². The second-order valence-electron chi connectivity index (χ2n) is 7.34. The van der Waals surface area contributed by atoms with Crippen molar-refractivity contribution < 1.29 is 38.0 Å². The molecule has 0 spiro atoms. The monoisotopic (exact) mass is 458 g/mol. The second-order valence-corrected chi connectivity index (χ2v) is 7.34. The number of esters is 2. The van der Waals surface area contributed by atoms with Crippen molar-refractivity contribution in [1.29, 1.82) is 0 Å². The van der Waals surface area contributed by atoms with Crippen LogP contribution in [0.5, 0.6) is 23.0 Å². The van der Waals surface area contributed by atoms with Crippen LogP contribution in [0.25, 0.3) is 0 Å². The second kappa shape index (κ2) is 12.0. The lowest BCUT2D eigenvalue weighted by molar-refractivity contribution is -0.144. The molecule has 2 aromatic carbocycles. The molecule has 2 aliphatic heterocycles. The summed E-state index contributed by atoms with van der Waals surface area (Å²) >= 11 is 0. The van der Waals surface area contributed by atoms with E-state index in [1.54, 1.807) is 13.8 Å². The van der Waals surface area contributed by atoms with Crippen molar-refractivity contribution in [3.8, 4) is 23.0 Å². The standard InChI is InChI=1S/C13H16O4.C12H14O4/c1-3-15-13(14)9(2)10-4-5-11-12(8-10)17-7-6-16-11;1-2-14-12(13)8-9-3-4-10-11(7-9)16-6-5-15-10/h4-5,8-9H,3,6-7H2,1-2H3;3-4,7H,2,5-6,8H2,1H3. The Morgan fingerprint density at radius 2 is 1.33 bits per heavy atom. The molecule has 0 fully saturated rings. The third-order valence-electron chi connectivity index (χ3n) is 4.97. The van der Waals surface area contributed by atoms with E-state index in [2.05, 4.69) is 0 Å². The quantitative estimate of drug-likeness (QED) is 0.606. The van der Waals surface area contributed by atoms with Gasteiger partial charge in [-0.3, -0.25) is 9.59 Å². The van der Waals surface area contributed by atoms with E-state index in [9.17, 15) is 9.59 Å². The van der Waals surface area contributed by atoms with E-state index < -0.39 is 0 Å². The highest BCUT2D eigenvalue weighted by atomic mass is 16.6. The van der Waals surface area contributed by atoms with Gasteiger partial charge in [0.05, 0.1) is 25.6 Å². The fourth-order valence-electron chi connectivity index (χ4n) is 3.31. The van der Waals surface area contributed by atoms with Gasteiger partial charge in [-0.05, 0) is 56.2 Å². The molecule has 8 heteroatoms. The van der Waals surface area contributed by atoms with Crippen molar-refractivity contribution in [3.63, 3.8) is 0 Å². The Balaban J connectivity index is 0.000000186. The first-order valence-electron chi connectivity index (χ1n) is 11.1. The van der Waals surface area contributed by atoms with Crippen LogP contribution in [0, 0.1) is 0 Å². The molecule has 8 nitrogen and oxygen atoms in total. The molecule has 4 rings (SSSR count). The normalized spacial score (nSPS) is 14.3. The summed E-state index contributed by atoms with van der Waals surface area (Å²) < 4.78 is 31.6. The van der Waals surface area contributed by atoms with Crippen LogP contribution in [0.2, 0.25) is 0 Å². The van der Waals surface area contributed by atoms with Crippen LogP contribution in [0.3, 0.4) is 0 Å². The molecular weight excluding hydrogens is 428 g/mol. The summed E-state index contributed by atoms with van der Waals surface area (Å²) in [5.41, 5.74) is 1.76. The lowest BCUT2D eigenvalue weighted by atomic mass is 10.0. The average molecular weight is 459 g/mol. The van der Waals surface area contributed by atoms with Crippen molar-refractivity contribution in [2.45, 2.75) is 33.1 Å². The van der Waals surface area contributed by atoms with Crippen molar-refractivity contribution in [2.24, 2.45) is 0 Å². The first-order valence-corrected chi connectivity index (χ1v) is 11.1. The van der Waals surface area contributed by atoms with Crippen molar-refractivity contribution in [3.05, 3.63) is 47.5 Å². The molecule has 0 radical (unpaired) electrons. The Morgan fingerprint density at radius 3 is 1.94 bits per heavy atom. The van der Waals surface area contributed by atoms with Gasteiger partial charge in [-0.2, -0.15) is 0 Å². The molecule has 0 saturated carbocycles. The van der Waals surface area contributed by atoms with Crippen LogP contribution in [0.15, 0.2) is 36.4 Å². The largest absolute Gasteiger partial charge is 0.486 e. The van der Waals surface area contributed by atoms with Crippen LogP contribution < -0.4 is 18.9 Å². The third kappa shape index (κ3) is 6.78. The molecule has 2 aromatic rings. The number of rotatable bonds is 6. The summed E-state index contributed by atoms with van der Waals surface area (Å²) in [7, 11) is 0. The molecule has 0 aliphatic carbocycles. The number of ether oxygens (including phenoxy) is 6. The first-order chi connectivity index (χ1) is 16.0. The SMILES string of the molecule is CCOC(=O)C(C)c1ccc2c(c1)OCCO2.CCOC(=O)Cc1ccc2c(c1)OCCO2. The summed E-state index contributed by atoms with van der Waals surface area (Å²) in [4.78, 5) is 22.9. The number of carbonyl (C=O) groups excluding carboxylic acids is 2. The molecule has 0 saturated heterocycles. The smallest absolute Gasteiger partial charge is 0.313 e. The molecule has 1 atom stereocenters. The summed E-state index contributed by atoms with van der Waals surface area (Å²) in [6, 6.07) is 11.0. The van der Waals surface area contributed by atoms with Crippen LogP contribution in [0.4, 0.5) is 0 Å². The Morgan fingerprint density at radius 1 is 0.788 bits per heavy atom. The summed E-state index contributed by atoms with van der Waals surface area (Å²) in [5, 5.41) is 0. The summed E-state index contributed by atoms with van der Waals surface area (Å²) in [5.74, 6) is 2.14. The zero-order chi connectivity index (χ0) is 23.6. The number of hydrogen-bond acceptors (Lipinski definition) is 8. The topological polar surface area (TPSA) is 89.5 Å². The van der Waals surface area contributed by atoms with Gasteiger partial charge >= 0.3 is 11.9 Å². The molecule has 0 bridgehead atoms. The first kappa shape index (κ1) is 24.2. The average Bonchev–Trinajstić information content (AvgIpc) is 2.84. The van der Waals surface area contributed by atoms with Gasteiger partial charge in [-0.15, -0.1) is 0 Å². The van der Waals surface area contributed by atoms with E-state index in [1.165, 1.54) is 0 Å². The van der Waals surface area contributed by atoms with E-state index in [4.69, 9.17) is 28.4 Å². The summed E-state index contributed by atoms with van der Waals surface area (Å²) in [6.45, 7) is 8.46. The molecular formula is C25H30O8. The van der Waals surface area contributed by atoms with Gasteiger partial charge in [0.25, 0.3) is 0 Å². The zero-order valence-electron chi connectivity index (χ0n) is 19.3. The Kier molecular flexibility index (Phi) is 8.80. The zero-order valence-corrected chi connectivity index (χ0v) is 19.3. The van der Waals surface area contributed by atoms with Crippen LogP contribution >= 0.6 is 0 Å². The molecule has 2 heterocycles. The Bertz CT molecular complexity index is 955. The Hall–Kier alpha value is -3.42. The summed E-state index contributed by atoms with van der Waals surface area (Å²) in [6.07, 6.45) is 0.268. The number of fused-ring (bicyclic) bond motifs is 2. The minimum Gasteiger partial charge on any atom is -0.486 e. The molecule has 0 aromatic heterocycles. The highest BCUT2D eigenvalue weighted by Gasteiger charge is 2.20. The van der Waals surface area contributed by atoms with Crippen LogP contribution in [-0.2, 0) is 25.5 Å². The lowest BCUT2D eigenvalue weighted by Gasteiger charge is -2.20. The highest BCUT2D eigenvalue weighted by molar-refractivity contribution is 5.78. The van der Waals surface area contributed by atoms with Crippen LogP contribution in [0.1, 0.15) is 37.8 Å². The predicted octanol–water partition coefficient (Wildman–Crippen LogP) is 3.69. The molecule has 2 aliphatic rings. The van der Waals surface area contributed by atoms with Crippen molar-refractivity contribution >= 4 is 11.9 Å². The van der Waals surface area contributed by atoms with Gasteiger partial charge < -0.3 is 28.4 Å². The van der Waals surface area contributed by atoms with E-state index in [0.29, 0.717) is 51.1 Å². The maximum atomic E-state index is 11.6. The predicted molar refractivity (Wildman–Crippen MR) is 120 cm³/mol. The fraction of sp³-hybridized carbons (Fsp3) is 0.440. The minimum absolute atomic E-state index is 0.218.